The first-order valence-electron chi connectivity index (χ1n) is 11.3. The van der Waals surface area contributed by atoms with Crippen LogP contribution < -0.4 is 10.6 Å². The lowest BCUT2D eigenvalue weighted by atomic mass is 9.50. The number of aromatic nitrogens is 5. The van der Waals surface area contributed by atoms with Crippen LogP contribution in [0.5, 0.6) is 0 Å². The summed E-state index contributed by atoms with van der Waals surface area (Å²) in [6.07, 6.45) is 4.98. The van der Waals surface area contributed by atoms with Gasteiger partial charge in [-0.2, -0.15) is 10.2 Å². The van der Waals surface area contributed by atoms with E-state index in [0.29, 0.717) is 36.8 Å². The van der Waals surface area contributed by atoms with E-state index in [2.05, 4.69) is 30.9 Å². The van der Waals surface area contributed by atoms with Crippen LogP contribution in [-0.2, 0) is 16.1 Å². The molecule has 0 radical (unpaired) electrons. The maximum atomic E-state index is 15.1. The van der Waals surface area contributed by atoms with E-state index in [1.807, 2.05) is 6.07 Å². The van der Waals surface area contributed by atoms with E-state index in [9.17, 15) is 4.79 Å². The highest BCUT2D eigenvalue weighted by Crippen LogP contribution is 2.57. The zero-order valence-electron chi connectivity index (χ0n) is 18.3. The molecular weight excluding hydrogens is 429 g/mol. The van der Waals surface area contributed by atoms with Crippen molar-refractivity contribution in [2.45, 2.75) is 62.4 Å². The topological polar surface area (TPSA) is 118 Å². The highest BCUT2D eigenvalue weighted by Gasteiger charge is 2.58. The van der Waals surface area contributed by atoms with E-state index < -0.39 is 24.3 Å². The quantitative estimate of drug-likeness (QED) is 0.501. The largest absolute Gasteiger partial charge is 0.443 e. The lowest BCUT2D eigenvalue weighted by Gasteiger charge is -2.61. The number of amides is 1. The summed E-state index contributed by atoms with van der Waals surface area (Å²) in [5, 5.41) is 17.8. The van der Waals surface area contributed by atoms with Crippen LogP contribution in [0.25, 0.3) is 5.52 Å². The van der Waals surface area contributed by atoms with Crippen LogP contribution in [0.3, 0.4) is 0 Å². The maximum Gasteiger partial charge on any atom is 0.407 e. The molecule has 11 heteroatoms. The second-order valence-electron chi connectivity index (χ2n) is 9.46. The molecule has 1 amide bonds. The van der Waals surface area contributed by atoms with Gasteiger partial charge >= 0.3 is 6.09 Å². The molecule has 10 nitrogen and oxygen atoms in total. The number of hydrogen-bond acceptors (Lipinski definition) is 7. The van der Waals surface area contributed by atoms with E-state index in [1.165, 1.54) is 0 Å². The predicted molar refractivity (Wildman–Crippen MR) is 116 cm³/mol. The van der Waals surface area contributed by atoms with Gasteiger partial charge in [-0.15, -0.1) is 0 Å². The molecule has 3 aromatic rings. The first kappa shape index (κ1) is 20.4. The van der Waals surface area contributed by atoms with Crippen LogP contribution >= 0.6 is 0 Å². The van der Waals surface area contributed by atoms with Crippen LogP contribution in [0, 0.1) is 5.92 Å². The zero-order valence-corrected chi connectivity index (χ0v) is 18.3. The smallest absolute Gasteiger partial charge is 0.407 e. The number of fused-ring (bicyclic) bond motifs is 1. The summed E-state index contributed by atoms with van der Waals surface area (Å²) >= 11 is 0. The maximum absolute atomic E-state index is 15.1. The molecule has 7 rings (SSSR count). The number of hydrogen-bond donors (Lipinski definition) is 3. The fourth-order valence-electron chi connectivity index (χ4n) is 5.39. The normalized spacial score (nSPS) is 30.0. The summed E-state index contributed by atoms with van der Waals surface area (Å²) in [6.45, 7) is 0.399. The molecule has 4 saturated carbocycles. The summed E-state index contributed by atoms with van der Waals surface area (Å²) < 4.78 is 27.4. The van der Waals surface area contributed by atoms with E-state index in [4.69, 9.17) is 9.47 Å². The van der Waals surface area contributed by atoms with Gasteiger partial charge in [0.05, 0.1) is 12.3 Å². The van der Waals surface area contributed by atoms with Crippen molar-refractivity contribution >= 4 is 23.2 Å². The number of nitrogens with zero attached hydrogens (tertiary/aromatic N) is 4. The molecule has 0 saturated heterocycles. The molecule has 174 valence electrons. The second-order valence-corrected chi connectivity index (χ2v) is 9.46. The van der Waals surface area contributed by atoms with Crippen molar-refractivity contribution in [2.75, 3.05) is 12.4 Å². The van der Waals surface area contributed by atoms with Crippen molar-refractivity contribution < 1.29 is 18.7 Å². The van der Waals surface area contributed by atoms with Gasteiger partial charge in [-0.25, -0.2) is 18.7 Å². The molecule has 3 heterocycles. The molecule has 0 spiro atoms. The third kappa shape index (κ3) is 3.60. The molecule has 3 aromatic heterocycles. The highest BCUT2D eigenvalue weighted by molar-refractivity contribution is 5.72. The Morgan fingerprint density at radius 3 is 2.94 bits per heavy atom. The average Bonchev–Trinajstić information content (AvgIpc) is 3.44. The van der Waals surface area contributed by atoms with Crippen molar-refractivity contribution in [3.05, 3.63) is 35.9 Å². The Labute approximate surface area is 189 Å². The number of halogens is 1. The Kier molecular flexibility index (Phi) is 4.75. The van der Waals surface area contributed by atoms with Gasteiger partial charge in [-0.1, -0.05) is 0 Å². The monoisotopic (exact) mass is 455 g/mol. The number of carbonyl (C=O) groups is 1. The van der Waals surface area contributed by atoms with Gasteiger partial charge in [0, 0.05) is 42.7 Å². The molecule has 2 bridgehead atoms. The Balaban J connectivity index is 1.11. The molecule has 0 unspecified atom stereocenters. The first-order valence-corrected chi connectivity index (χ1v) is 11.3. The van der Waals surface area contributed by atoms with Crippen LogP contribution in [0.2, 0.25) is 0 Å². The number of nitrogens with one attached hydrogen (secondary N) is 3. The molecule has 0 aromatic carbocycles. The van der Waals surface area contributed by atoms with Gasteiger partial charge in [0.25, 0.3) is 0 Å². The third-order valence-corrected chi connectivity index (χ3v) is 7.14. The van der Waals surface area contributed by atoms with Crippen LogP contribution in [0.4, 0.5) is 20.8 Å². The van der Waals surface area contributed by atoms with Gasteiger partial charge in [0.2, 0.25) is 0 Å². The summed E-state index contributed by atoms with van der Waals surface area (Å²) in [4.78, 5) is 16.6. The Morgan fingerprint density at radius 2 is 2.18 bits per heavy atom. The van der Waals surface area contributed by atoms with Gasteiger partial charge in [0.1, 0.15) is 17.8 Å². The van der Waals surface area contributed by atoms with E-state index in [1.54, 1.807) is 30.1 Å². The minimum Gasteiger partial charge on any atom is -0.443 e. The number of ether oxygens (including phenoxy) is 2. The van der Waals surface area contributed by atoms with Crippen LogP contribution in [-0.4, -0.2) is 55.8 Å². The number of carbonyl (C=O) groups excluding carboxylic acids is 1. The fourth-order valence-corrected chi connectivity index (χ4v) is 5.39. The third-order valence-electron chi connectivity index (χ3n) is 7.14. The van der Waals surface area contributed by atoms with Crippen LogP contribution in [0.15, 0.2) is 24.5 Å². The van der Waals surface area contributed by atoms with Gasteiger partial charge < -0.3 is 20.1 Å². The van der Waals surface area contributed by atoms with Crippen molar-refractivity contribution in [3.63, 3.8) is 0 Å². The standard InChI is InChI=1S/C22H26FN7O3/c1-32-11-13-6-16-20(24-4-5-30(16)29-13)25-18-7-15(27-28-18)14-2-3-17(19(14)23)33-21(31)26-22-8-12(9-22)10-22/h4-7,12,14,17,19H,2-3,8-11H2,1H3,(H,26,31)(H2,24,25,27,28)/t12?,14-,17-,19-,22?/m0/s1. The number of aromatic amines is 1. The average molecular weight is 455 g/mol. The van der Waals surface area contributed by atoms with Gasteiger partial charge in [0.15, 0.2) is 11.6 Å². The molecule has 4 aliphatic rings. The molecule has 0 aliphatic heterocycles. The minimum absolute atomic E-state index is 0.0771. The lowest BCUT2D eigenvalue weighted by Crippen LogP contribution is -2.68. The van der Waals surface area contributed by atoms with E-state index in [-0.39, 0.29) is 5.54 Å². The first-order chi connectivity index (χ1) is 16.0. The number of rotatable bonds is 7. The summed E-state index contributed by atoms with van der Waals surface area (Å²) in [7, 11) is 1.62. The van der Waals surface area contributed by atoms with Gasteiger partial charge in [-0.3, -0.25) is 5.10 Å². The number of anilines is 2. The van der Waals surface area contributed by atoms with Crippen LogP contribution in [0.1, 0.15) is 49.4 Å². The number of alkyl halides is 1. The Bertz CT molecular complexity index is 1180. The molecule has 3 atom stereocenters. The van der Waals surface area contributed by atoms with E-state index >= 15 is 4.39 Å². The summed E-state index contributed by atoms with van der Waals surface area (Å²) in [5.74, 6) is 1.45. The van der Waals surface area contributed by atoms with E-state index in [0.717, 1.165) is 36.4 Å². The van der Waals surface area contributed by atoms with Crippen molar-refractivity contribution in [3.8, 4) is 0 Å². The molecule has 33 heavy (non-hydrogen) atoms. The number of H-pyrrole nitrogens is 1. The molecule has 3 N–H and O–H groups in total. The molecule has 4 fully saturated rings. The van der Waals surface area contributed by atoms with Gasteiger partial charge in [-0.05, 0) is 44.1 Å². The second kappa shape index (κ2) is 7.68. The SMILES string of the molecule is COCc1cc2c(Nc3cc([C@@H]4CC[C@H](OC(=O)NC56CC(C5)C6)[C@H]4F)[nH]n3)nccn2n1. The Morgan fingerprint density at radius 1 is 1.33 bits per heavy atom. The highest BCUT2D eigenvalue weighted by atomic mass is 19.1. The predicted octanol–water partition coefficient (Wildman–Crippen LogP) is 3.21. The minimum atomic E-state index is -1.29. The van der Waals surface area contributed by atoms with Crippen molar-refractivity contribution in [1.82, 2.24) is 30.1 Å². The summed E-state index contributed by atoms with van der Waals surface area (Å²) in [5.41, 5.74) is 2.15. The molecule has 4 aliphatic carbocycles. The summed E-state index contributed by atoms with van der Waals surface area (Å²) in [6, 6.07) is 3.67. The zero-order chi connectivity index (χ0) is 22.6. The Hall–Kier alpha value is -3.21. The number of alkyl carbamates (subject to hydrolysis) is 1. The van der Waals surface area contributed by atoms with Crippen molar-refractivity contribution in [1.29, 1.82) is 0 Å². The molecular formula is C22H26FN7O3. The lowest BCUT2D eigenvalue weighted by molar-refractivity contribution is -0.0532. The fraction of sp³-hybridized carbons (Fsp3) is 0.545. The van der Waals surface area contributed by atoms with Crippen molar-refractivity contribution in [2.24, 2.45) is 5.92 Å². The number of methoxy groups -OCH3 is 1.